The van der Waals surface area contributed by atoms with Crippen LogP contribution in [0.2, 0.25) is 0 Å². The van der Waals surface area contributed by atoms with Gasteiger partial charge in [-0.3, -0.25) is 9.59 Å². The summed E-state index contributed by atoms with van der Waals surface area (Å²) < 4.78 is 0. The number of benzene rings is 2. The molecule has 0 spiro atoms. The van der Waals surface area contributed by atoms with Gasteiger partial charge in [-0.1, -0.05) is 42.5 Å². The van der Waals surface area contributed by atoms with E-state index >= 15 is 0 Å². The molecule has 1 aliphatic heterocycles. The molecule has 3 rings (SSSR count). The van der Waals surface area contributed by atoms with Crippen molar-refractivity contribution < 1.29 is 9.59 Å². The first-order valence-electron chi connectivity index (χ1n) is 6.28. The molecule has 1 atom stereocenters. The number of nitrogens with one attached hydrogen (secondary N) is 2. The van der Waals surface area contributed by atoms with Gasteiger partial charge in [0, 0.05) is 6.42 Å². The average Bonchev–Trinajstić information content (AvgIpc) is 2.43. The van der Waals surface area contributed by atoms with Crippen molar-refractivity contribution in [3.63, 3.8) is 0 Å². The van der Waals surface area contributed by atoms with Gasteiger partial charge in [0.2, 0.25) is 11.8 Å². The zero-order valence-electron chi connectivity index (χ0n) is 10.3. The highest BCUT2D eigenvalue weighted by molar-refractivity contribution is 5.95. The van der Waals surface area contributed by atoms with Crippen molar-refractivity contribution in [1.29, 1.82) is 0 Å². The first kappa shape index (κ1) is 11.7. The van der Waals surface area contributed by atoms with Gasteiger partial charge in [0.05, 0.1) is 6.54 Å². The second-order valence-electron chi connectivity index (χ2n) is 4.68. The molecule has 2 aromatic carbocycles. The SMILES string of the molecule is O=C1CNC(=O)C(Cc2cccc3ccccc23)N1. The summed E-state index contributed by atoms with van der Waals surface area (Å²) in [7, 11) is 0. The van der Waals surface area contributed by atoms with Crippen molar-refractivity contribution in [2.24, 2.45) is 0 Å². The third kappa shape index (κ3) is 2.29. The van der Waals surface area contributed by atoms with Gasteiger partial charge in [0.15, 0.2) is 0 Å². The average molecular weight is 254 g/mol. The summed E-state index contributed by atoms with van der Waals surface area (Å²) in [4.78, 5) is 23.1. The smallest absolute Gasteiger partial charge is 0.243 e. The van der Waals surface area contributed by atoms with Gasteiger partial charge in [-0.2, -0.15) is 0 Å². The van der Waals surface area contributed by atoms with E-state index in [-0.39, 0.29) is 18.4 Å². The minimum absolute atomic E-state index is 0.0743. The number of rotatable bonds is 2. The molecule has 1 heterocycles. The fourth-order valence-corrected chi connectivity index (χ4v) is 2.44. The molecule has 0 saturated carbocycles. The minimum atomic E-state index is -0.480. The lowest BCUT2D eigenvalue weighted by molar-refractivity contribution is -0.133. The van der Waals surface area contributed by atoms with Crippen LogP contribution in [0.25, 0.3) is 10.8 Å². The van der Waals surface area contributed by atoms with E-state index in [4.69, 9.17) is 0 Å². The van der Waals surface area contributed by atoms with Crippen LogP contribution in [0.5, 0.6) is 0 Å². The second-order valence-corrected chi connectivity index (χ2v) is 4.68. The van der Waals surface area contributed by atoms with Crippen molar-refractivity contribution in [1.82, 2.24) is 10.6 Å². The van der Waals surface area contributed by atoms with Crippen LogP contribution < -0.4 is 10.6 Å². The minimum Gasteiger partial charge on any atom is -0.345 e. The number of amides is 2. The van der Waals surface area contributed by atoms with Crippen LogP contribution in [0, 0.1) is 0 Å². The van der Waals surface area contributed by atoms with Gasteiger partial charge in [-0.15, -0.1) is 0 Å². The van der Waals surface area contributed by atoms with Crippen LogP contribution in [-0.2, 0) is 16.0 Å². The third-order valence-corrected chi connectivity index (χ3v) is 3.38. The van der Waals surface area contributed by atoms with Crippen LogP contribution in [0.15, 0.2) is 42.5 Å². The summed E-state index contributed by atoms with van der Waals surface area (Å²) in [6, 6.07) is 13.6. The number of carbonyl (C=O) groups excluding carboxylic acids is 2. The lowest BCUT2D eigenvalue weighted by atomic mass is 9.98. The Morgan fingerprint density at radius 3 is 2.74 bits per heavy atom. The topological polar surface area (TPSA) is 58.2 Å². The van der Waals surface area contributed by atoms with E-state index in [1.165, 1.54) is 0 Å². The maximum atomic E-state index is 11.8. The quantitative estimate of drug-likeness (QED) is 0.840. The summed E-state index contributed by atoms with van der Waals surface area (Å²) >= 11 is 0. The highest BCUT2D eigenvalue weighted by Crippen LogP contribution is 2.20. The first-order valence-corrected chi connectivity index (χ1v) is 6.28. The van der Waals surface area contributed by atoms with Crippen LogP contribution in [0.3, 0.4) is 0 Å². The number of fused-ring (bicyclic) bond motifs is 1. The third-order valence-electron chi connectivity index (χ3n) is 3.38. The molecule has 1 saturated heterocycles. The molecule has 1 aliphatic rings. The van der Waals surface area contributed by atoms with E-state index in [2.05, 4.69) is 10.6 Å². The lowest BCUT2D eigenvalue weighted by Crippen LogP contribution is -2.56. The molecule has 1 fully saturated rings. The Morgan fingerprint density at radius 1 is 1.05 bits per heavy atom. The monoisotopic (exact) mass is 254 g/mol. The Kier molecular flexibility index (Phi) is 2.91. The fraction of sp³-hybridized carbons (Fsp3) is 0.200. The van der Waals surface area contributed by atoms with E-state index < -0.39 is 6.04 Å². The molecule has 0 bridgehead atoms. The Labute approximate surface area is 110 Å². The van der Waals surface area contributed by atoms with Gasteiger partial charge in [0.25, 0.3) is 0 Å². The predicted octanol–water partition coefficient (Wildman–Crippen LogP) is 0.997. The van der Waals surface area contributed by atoms with Crippen LogP contribution in [0.1, 0.15) is 5.56 Å². The molecule has 19 heavy (non-hydrogen) atoms. The van der Waals surface area contributed by atoms with Crippen LogP contribution in [-0.4, -0.2) is 24.4 Å². The summed E-state index contributed by atoms with van der Waals surface area (Å²) in [6.07, 6.45) is 0.513. The normalized spacial score (nSPS) is 19.1. The molecule has 4 heteroatoms. The Hall–Kier alpha value is -2.36. The van der Waals surface area contributed by atoms with Crippen molar-refractivity contribution in [3.8, 4) is 0 Å². The maximum Gasteiger partial charge on any atom is 0.243 e. The van der Waals surface area contributed by atoms with Gasteiger partial charge in [-0.05, 0) is 16.3 Å². The lowest BCUT2D eigenvalue weighted by Gasteiger charge is -2.23. The molecule has 1 unspecified atom stereocenters. The maximum absolute atomic E-state index is 11.8. The molecule has 0 aromatic heterocycles. The highest BCUT2D eigenvalue weighted by atomic mass is 16.2. The van der Waals surface area contributed by atoms with Crippen LogP contribution >= 0.6 is 0 Å². The first-order chi connectivity index (χ1) is 9.24. The molecule has 0 aliphatic carbocycles. The second kappa shape index (κ2) is 4.72. The van der Waals surface area contributed by atoms with E-state index in [0.29, 0.717) is 6.42 Å². The van der Waals surface area contributed by atoms with E-state index in [1.54, 1.807) is 0 Å². The number of carbonyl (C=O) groups is 2. The van der Waals surface area contributed by atoms with E-state index in [1.807, 2.05) is 42.5 Å². The predicted molar refractivity (Wildman–Crippen MR) is 72.6 cm³/mol. The zero-order valence-corrected chi connectivity index (χ0v) is 10.3. The van der Waals surface area contributed by atoms with Crippen molar-refractivity contribution in [2.45, 2.75) is 12.5 Å². The molecule has 2 amide bonds. The summed E-state index contributed by atoms with van der Waals surface area (Å²) in [5, 5.41) is 7.59. The van der Waals surface area contributed by atoms with Crippen LogP contribution in [0.4, 0.5) is 0 Å². The van der Waals surface area contributed by atoms with Crippen molar-refractivity contribution in [2.75, 3.05) is 6.54 Å². The zero-order chi connectivity index (χ0) is 13.2. The summed E-state index contributed by atoms with van der Waals surface area (Å²) in [6.45, 7) is 0.0743. The summed E-state index contributed by atoms with van der Waals surface area (Å²) in [5.41, 5.74) is 1.07. The number of hydrogen-bond donors (Lipinski definition) is 2. The van der Waals surface area contributed by atoms with E-state index in [9.17, 15) is 9.59 Å². The molecule has 96 valence electrons. The van der Waals surface area contributed by atoms with Gasteiger partial charge >= 0.3 is 0 Å². The number of piperazine rings is 1. The summed E-state index contributed by atoms with van der Waals surface area (Å²) in [5.74, 6) is -0.252. The van der Waals surface area contributed by atoms with E-state index in [0.717, 1.165) is 16.3 Å². The molecule has 2 aromatic rings. The van der Waals surface area contributed by atoms with Crippen molar-refractivity contribution >= 4 is 22.6 Å². The molecular weight excluding hydrogens is 240 g/mol. The van der Waals surface area contributed by atoms with Gasteiger partial charge in [0.1, 0.15) is 6.04 Å². The highest BCUT2D eigenvalue weighted by Gasteiger charge is 2.26. The fourth-order valence-electron chi connectivity index (χ4n) is 2.44. The number of hydrogen-bond acceptors (Lipinski definition) is 2. The molecule has 2 N–H and O–H groups in total. The molecular formula is C15H14N2O2. The van der Waals surface area contributed by atoms with Gasteiger partial charge in [-0.25, -0.2) is 0 Å². The Morgan fingerprint density at radius 2 is 1.84 bits per heavy atom. The Balaban J connectivity index is 1.92. The Bertz CT molecular complexity index is 646. The van der Waals surface area contributed by atoms with Crippen molar-refractivity contribution in [3.05, 3.63) is 48.0 Å². The standard InChI is InChI=1S/C15H14N2O2/c18-14-9-16-15(19)13(17-14)8-11-6-3-5-10-4-1-2-7-12(10)11/h1-7,13H,8-9H2,(H,16,19)(H,17,18). The molecule has 0 radical (unpaired) electrons. The van der Waals surface area contributed by atoms with Gasteiger partial charge < -0.3 is 10.6 Å². The largest absolute Gasteiger partial charge is 0.345 e. The molecule has 4 nitrogen and oxygen atoms in total.